The fourth-order valence-corrected chi connectivity index (χ4v) is 1.63. The van der Waals surface area contributed by atoms with Gasteiger partial charge in [-0.2, -0.15) is 0 Å². The second-order valence-electron chi connectivity index (χ2n) is 4.23. The van der Waals surface area contributed by atoms with Crippen molar-refractivity contribution in [1.29, 1.82) is 0 Å². The number of carbonyl (C=O) groups excluding carboxylic acids is 1. The van der Waals surface area contributed by atoms with Crippen LogP contribution >= 0.6 is 0 Å². The number of ether oxygens (including phenoxy) is 2. The second kappa shape index (κ2) is 7.22. The lowest BCUT2D eigenvalue weighted by Crippen LogP contribution is -2.56. The van der Waals surface area contributed by atoms with Crippen LogP contribution in [0.3, 0.4) is 0 Å². The summed E-state index contributed by atoms with van der Waals surface area (Å²) in [5.41, 5.74) is 0. The van der Waals surface area contributed by atoms with E-state index in [-0.39, 0.29) is 12.9 Å². The van der Waals surface area contributed by atoms with Gasteiger partial charge < -0.3 is 44.9 Å². The third-order valence-corrected chi connectivity index (χ3v) is 2.79. The smallest absolute Gasteiger partial charge is 0.186 e. The summed E-state index contributed by atoms with van der Waals surface area (Å²) < 4.78 is 9.88. The minimum Gasteiger partial charge on any atom is -0.394 e. The van der Waals surface area contributed by atoms with Gasteiger partial charge in [-0.3, -0.25) is 0 Å². The molecule has 1 aliphatic rings. The van der Waals surface area contributed by atoms with Crippen LogP contribution in [0.4, 0.5) is 0 Å². The van der Waals surface area contributed by atoms with Crippen molar-refractivity contribution in [2.24, 2.45) is 0 Å². The first-order valence-electron chi connectivity index (χ1n) is 5.66. The van der Waals surface area contributed by atoms with Gasteiger partial charge in [0, 0.05) is 0 Å². The molecule has 0 aromatic heterocycles. The quantitative estimate of drug-likeness (QED) is 0.265. The zero-order chi connectivity index (χ0) is 14.6. The Morgan fingerprint density at radius 1 is 1.26 bits per heavy atom. The highest BCUT2D eigenvalue weighted by Gasteiger charge is 2.41. The minimum atomic E-state index is -1.75. The topological polar surface area (TPSA) is 157 Å². The molecule has 0 spiro atoms. The zero-order valence-corrected chi connectivity index (χ0v) is 9.94. The van der Waals surface area contributed by atoms with Crippen LogP contribution in [0, 0.1) is 0 Å². The molecule has 1 rings (SSSR count). The lowest BCUT2D eigenvalue weighted by molar-refractivity contribution is -0.297. The van der Waals surface area contributed by atoms with Crippen molar-refractivity contribution in [3.05, 3.63) is 0 Å². The lowest BCUT2D eigenvalue weighted by atomic mass is 10.0. The van der Waals surface area contributed by atoms with Crippen LogP contribution in [0.15, 0.2) is 0 Å². The molecule has 9 heteroatoms. The average Bonchev–Trinajstić information content (AvgIpc) is 2.42. The number of rotatable bonds is 6. The maximum absolute atomic E-state index is 10.5. The van der Waals surface area contributed by atoms with Gasteiger partial charge in [0.05, 0.1) is 13.2 Å². The molecule has 19 heavy (non-hydrogen) atoms. The molecule has 1 fully saturated rings. The fourth-order valence-electron chi connectivity index (χ4n) is 1.63. The van der Waals surface area contributed by atoms with Gasteiger partial charge in [-0.05, 0) is 0 Å². The van der Waals surface area contributed by atoms with Crippen molar-refractivity contribution in [2.75, 3.05) is 13.2 Å². The number of hydrogen-bond donors (Lipinski definition) is 6. The van der Waals surface area contributed by atoms with E-state index in [0.717, 1.165) is 0 Å². The molecule has 7 atom stereocenters. The van der Waals surface area contributed by atoms with Crippen LogP contribution < -0.4 is 0 Å². The van der Waals surface area contributed by atoms with Crippen molar-refractivity contribution in [3.8, 4) is 0 Å². The Balaban J connectivity index is 2.70. The summed E-state index contributed by atoms with van der Waals surface area (Å²) in [6.07, 6.45) is -10.7. The van der Waals surface area contributed by atoms with E-state index in [1.165, 1.54) is 0 Å². The number of aliphatic hydroxyl groups is 6. The van der Waals surface area contributed by atoms with E-state index in [1.807, 2.05) is 0 Å². The third kappa shape index (κ3) is 3.91. The largest absolute Gasteiger partial charge is 0.394 e. The van der Waals surface area contributed by atoms with Crippen LogP contribution in [0.1, 0.15) is 0 Å². The van der Waals surface area contributed by atoms with Crippen LogP contribution in [0.5, 0.6) is 0 Å². The first kappa shape index (κ1) is 16.4. The molecule has 0 saturated carbocycles. The van der Waals surface area contributed by atoms with E-state index in [1.54, 1.807) is 0 Å². The Morgan fingerprint density at radius 2 is 1.89 bits per heavy atom. The molecule has 6 N–H and O–H groups in total. The molecule has 112 valence electrons. The number of aldehydes is 1. The molecule has 0 aromatic rings. The van der Waals surface area contributed by atoms with E-state index >= 15 is 0 Å². The predicted molar refractivity (Wildman–Crippen MR) is 57.8 cm³/mol. The standard InChI is InChI=1S/C10H18O9/c11-1-4(13)9(5(14)2-12)19-10-8(17)7(16)6(15)3-18-10/h1,4-10,12-17H,2-3H2/t4-,5-,6-,7-,8+,9+,10-/m0/s1. The molecule has 1 saturated heterocycles. The molecule has 0 aromatic carbocycles. The average molecular weight is 282 g/mol. The first-order chi connectivity index (χ1) is 8.92. The highest BCUT2D eigenvalue weighted by atomic mass is 16.7. The molecular formula is C10H18O9. The Morgan fingerprint density at radius 3 is 2.42 bits per heavy atom. The molecule has 0 amide bonds. The fraction of sp³-hybridized carbons (Fsp3) is 0.900. The van der Waals surface area contributed by atoms with Crippen molar-refractivity contribution in [2.45, 2.75) is 42.9 Å². The summed E-state index contributed by atoms with van der Waals surface area (Å²) in [5.74, 6) is 0. The minimum absolute atomic E-state index is 0.0873. The van der Waals surface area contributed by atoms with Crippen molar-refractivity contribution >= 4 is 6.29 Å². The van der Waals surface area contributed by atoms with Gasteiger partial charge in [0.1, 0.15) is 36.6 Å². The van der Waals surface area contributed by atoms with E-state index in [4.69, 9.17) is 14.6 Å². The summed E-state index contributed by atoms with van der Waals surface area (Å²) >= 11 is 0. The maximum atomic E-state index is 10.5. The molecule has 0 radical (unpaired) electrons. The molecule has 9 nitrogen and oxygen atoms in total. The molecular weight excluding hydrogens is 264 g/mol. The zero-order valence-electron chi connectivity index (χ0n) is 9.94. The lowest BCUT2D eigenvalue weighted by Gasteiger charge is -2.37. The number of carbonyl (C=O) groups is 1. The monoisotopic (exact) mass is 282 g/mol. The van der Waals surface area contributed by atoms with Gasteiger partial charge in [-0.25, -0.2) is 0 Å². The summed E-state index contributed by atoms with van der Waals surface area (Å²) in [4.78, 5) is 10.5. The summed E-state index contributed by atoms with van der Waals surface area (Å²) in [6, 6.07) is 0. The highest BCUT2D eigenvalue weighted by molar-refractivity contribution is 5.56. The van der Waals surface area contributed by atoms with Gasteiger partial charge in [0.15, 0.2) is 12.6 Å². The van der Waals surface area contributed by atoms with E-state index in [9.17, 15) is 30.3 Å². The second-order valence-corrected chi connectivity index (χ2v) is 4.23. The van der Waals surface area contributed by atoms with Crippen molar-refractivity contribution in [3.63, 3.8) is 0 Å². The Hall–Kier alpha value is -0.650. The van der Waals surface area contributed by atoms with Crippen LogP contribution in [0.25, 0.3) is 0 Å². The van der Waals surface area contributed by atoms with Crippen LogP contribution in [-0.2, 0) is 14.3 Å². The normalized spacial score (nSPS) is 36.5. The number of hydrogen-bond acceptors (Lipinski definition) is 9. The van der Waals surface area contributed by atoms with E-state index in [0.29, 0.717) is 0 Å². The van der Waals surface area contributed by atoms with Gasteiger partial charge in [-0.1, -0.05) is 0 Å². The van der Waals surface area contributed by atoms with Gasteiger partial charge in [0.25, 0.3) is 0 Å². The molecule has 0 aliphatic carbocycles. The van der Waals surface area contributed by atoms with E-state index < -0.39 is 49.5 Å². The Labute approximate surface area is 108 Å². The molecule has 0 unspecified atom stereocenters. The van der Waals surface area contributed by atoms with Gasteiger partial charge in [-0.15, -0.1) is 0 Å². The molecule has 1 heterocycles. The van der Waals surface area contributed by atoms with Crippen molar-refractivity contribution < 1.29 is 44.9 Å². The summed E-state index contributed by atoms with van der Waals surface area (Å²) in [6.45, 7) is -1.12. The Bertz CT molecular complexity index is 286. The van der Waals surface area contributed by atoms with Crippen LogP contribution in [0.2, 0.25) is 0 Å². The predicted octanol–water partition coefficient (Wildman–Crippen LogP) is -4.28. The summed E-state index contributed by atoms with van der Waals surface area (Å²) in [5, 5.41) is 55.8. The van der Waals surface area contributed by atoms with Crippen molar-refractivity contribution in [1.82, 2.24) is 0 Å². The summed E-state index contributed by atoms with van der Waals surface area (Å²) in [7, 11) is 0. The van der Waals surface area contributed by atoms with E-state index in [2.05, 4.69) is 0 Å². The van der Waals surface area contributed by atoms with Crippen LogP contribution in [-0.4, -0.2) is 93.1 Å². The first-order valence-corrected chi connectivity index (χ1v) is 5.66. The van der Waals surface area contributed by atoms with Gasteiger partial charge >= 0.3 is 0 Å². The highest BCUT2D eigenvalue weighted by Crippen LogP contribution is 2.19. The SMILES string of the molecule is O=C[C@H](O)[C@@H](O[C@@H]1OC[C@H](O)[C@H](O)[C@H]1O)[C@@H](O)CO. The Kier molecular flexibility index (Phi) is 6.23. The molecule has 0 bridgehead atoms. The maximum Gasteiger partial charge on any atom is 0.186 e. The van der Waals surface area contributed by atoms with Gasteiger partial charge in [0.2, 0.25) is 0 Å². The number of aliphatic hydroxyl groups excluding tert-OH is 6. The molecule has 1 aliphatic heterocycles. The third-order valence-electron chi connectivity index (χ3n) is 2.79.